The molecule has 24 heteroatoms. The van der Waals surface area contributed by atoms with Gasteiger partial charge in [-0.05, 0) is 52.1 Å². The number of halogens is 9. The van der Waals surface area contributed by atoms with Gasteiger partial charge < -0.3 is 48.5 Å². The van der Waals surface area contributed by atoms with E-state index in [0.29, 0.717) is 19.6 Å². The molecule has 0 aliphatic rings. The Morgan fingerprint density at radius 1 is 0.592 bits per heavy atom. The molecule has 0 bridgehead atoms. The molecule has 0 aromatic carbocycles. The van der Waals surface area contributed by atoms with Crippen molar-refractivity contribution < 1.29 is 78.8 Å². The van der Waals surface area contributed by atoms with E-state index < -0.39 is 48.3 Å². The summed E-state index contributed by atoms with van der Waals surface area (Å²) in [4.78, 5) is 54.0. The summed E-state index contributed by atoms with van der Waals surface area (Å²) in [7, 11) is 0. The molecule has 0 rings (SSSR count). The van der Waals surface area contributed by atoms with Crippen LogP contribution in [0, 0.1) is 0 Å². The van der Waals surface area contributed by atoms with Crippen LogP contribution in [0.15, 0.2) is 4.99 Å². The monoisotopic (exact) mass is 741 g/mol. The molecule has 290 valence electrons. The summed E-state index contributed by atoms with van der Waals surface area (Å²) in [6, 6.07) is 0.215. The highest BCUT2D eigenvalue weighted by Gasteiger charge is 2.39. The Kier molecular flexibility index (Phi) is 30.5. The second-order valence-electron chi connectivity index (χ2n) is 9.57. The van der Waals surface area contributed by atoms with E-state index in [-0.39, 0.29) is 12.0 Å². The van der Waals surface area contributed by atoms with Crippen LogP contribution >= 0.6 is 0 Å². The number of aliphatic imine (C=N–C) groups is 1. The summed E-state index contributed by atoms with van der Waals surface area (Å²) >= 11 is 0. The van der Waals surface area contributed by atoms with Crippen molar-refractivity contribution in [1.82, 2.24) is 16.0 Å². The molecule has 1 atom stereocenters. The molecule has 0 saturated heterocycles. The van der Waals surface area contributed by atoms with Gasteiger partial charge in [0.15, 0.2) is 5.96 Å². The zero-order valence-corrected chi connectivity index (χ0v) is 26.4. The van der Waals surface area contributed by atoms with E-state index in [0.717, 1.165) is 70.9 Å². The zero-order valence-electron chi connectivity index (χ0n) is 26.4. The summed E-state index contributed by atoms with van der Waals surface area (Å²) in [5.74, 6) is -9.23. The Bertz CT molecular complexity index is 919. The van der Waals surface area contributed by atoms with Crippen molar-refractivity contribution in [2.45, 2.75) is 89.3 Å². The molecule has 0 spiro atoms. The van der Waals surface area contributed by atoms with Crippen LogP contribution in [0.1, 0.15) is 64.7 Å². The Morgan fingerprint density at radius 3 is 1.22 bits per heavy atom. The number of carbonyl (C=O) groups is 5. The van der Waals surface area contributed by atoms with E-state index in [2.05, 4.69) is 20.9 Å². The van der Waals surface area contributed by atoms with Gasteiger partial charge in [0.2, 0.25) is 0 Å². The third-order valence-electron chi connectivity index (χ3n) is 4.94. The lowest BCUT2D eigenvalue weighted by atomic mass is 10.1. The minimum Gasteiger partial charge on any atom is -0.475 e. The average Bonchev–Trinajstić information content (AvgIpc) is 2.94. The van der Waals surface area contributed by atoms with Gasteiger partial charge in [-0.1, -0.05) is 25.7 Å². The van der Waals surface area contributed by atoms with Crippen LogP contribution in [0.5, 0.6) is 0 Å². The summed E-state index contributed by atoms with van der Waals surface area (Å²) in [6.45, 7) is 5.51. The van der Waals surface area contributed by atoms with Gasteiger partial charge in [-0.2, -0.15) is 39.5 Å². The first-order valence-corrected chi connectivity index (χ1v) is 14.2. The van der Waals surface area contributed by atoms with Crippen molar-refractivity contribution in [2.75, 3.05) is 32.7 Å². The standard InChI is InChI=1S/C19H41N7O2.3C2HF3O2/c1-16(20)10-15-23-11-8-9-13-25-18(28)17(27)24-12-6-4-2-3-5-7-14-26-19(21)22;3*3-2(4,5)1(6)7/h16,23H,2-15,20H2,1H3,(H,24,27)(H,25,28)(H4,21,22,26);3*(H,6,7). The minimum atomic E-state index is -5.08. The number of unbranched alkanes of at least 4 members (excludes halogenated alkanes) is 6. The number of hydrogen-bond acceptors (Lipinski definition) is 8. The molecule has 0 aliphatic carbocycles. The lowest BCUT2D eigenvalue weighted by Gasteiger charge is -2.08. The average molecular weight is 742 g/mol. The predicted octanol–water partition coefficient (Wildman–Crippen LogP) is 1.84. The number of amides is 2. The molecule has 0 aromatic heterocycles. The van der Waals surface area contributed by atoms with Crippen molar-refractivity contribution in [2.24, 2.45) is 22.2 Å². The fourth-order valence-corrected chi connectivity index (χ4v) is 2.55. The number of rotatable bonds is 17. The molecule has 49 heavy (non-hydrogen) atoms. The summed E-state index contributed by atoms with van der Waals surface area (Å²) < 4.78 is 95.2. The molecule has 12 N–H and O–H groups in total. The fourth-order valence-electron chi connectivity index (χ4n) is 2.55. The smallest absolute Gasteiger partial charge is 0.475 e. The third kappa shape index (κ3) is 43.9. The second-order valence-corrected chi connectivity index (χ2v) is 9.57. The van der Waals surface area contributed by atoms with Crippen molar-refractivity contribution >= 4 is 35.7 Å². The quantitative estimate of drug-likeness (QED) is 0.0340. The first-order valence-electron chi connectivity index (χ1n) is 14.2. The van der Waals surface area contributed by atoms with Crippen LogP contribution in [0.4, 0.5) is 39.5 Å². The number of carboxylic acids is 3. The largest absolute Gasteiger partial charge is 0.490 e. The van der Waals surface area contributed by atoms with Gasteiger partial charge in [-0.3, -0.25) is 14.6 Å². The molecule has 15 nitrogen and oxygen atoms in total. The predicted molar refractivity (Wildman–Crippen MR) is 156 cm³/mol. The number of nitrogens with zero attached hydrogens (tertiary/aromatic N) is 1. The van der Waals surface area contributed by atoms with Gasteiger partial charge >= 0.3 is 48.3 Å². The molecule has 0 fully saturated rings. The van der Waals surface area contributed by atoms with Crippen LogP contribution in [-0.2, 0) is 24.0 Å². The number of aliphatic carboxylic acids is 3. The summed E-state index contributed by atoms with van der Waals surface area (Å²) in [5, 5.41) is 30.0. The molecular formula is C25H44F9N7O8. The van der Waals surface area contributed by atoms with Crippen LogP contribution in [0.2, 0.25) is 0 Å². The molecule has 1 unspecified atom stereocenters. The topological polar surface area (TPSA) is 273 Å². The molecule has 0 saturated carbocycles. The highest BCUT2D eigenvalue weighted by molar-refractivity contribution is 6.35. The van der Waals surface area contributed by atoms with Crippen LogP contribution in [0.25, 0.3) is 0 Å². The second kappa shape index (κ2) is 28.9. The Hall–Kier alpha value is -4.09. The van der Waals surface area contributed by atoms with Crippen LogP contribution < -0.4 is 33.2 Å². The molecule has 0 aliphatic heterocycles. The van der Waals surface area contributed by atoms with Gasteiger partial charge in [-0.25, -0.2) is 14.4 Å². The third-order valence-corrected chi connectivity index (χ3v) is 4.94. The van der Waals surface area contributed by atoms with Crippen molar-refractivity contribution in [3.8, 4) is 0 Å². The van der Waals surface area contributed by atoms with E-state index in [1.807, 2.05) is 6.92 Å². The van der Waals surface area contributed by atoms with E-state index in [9.17, 15) is 49.1 Å². The first-order chi connectivity index (χ1) is 22.3. The molecule has 0 radical (unpaired) electrons. The maximum atomic E-state index is 11.7. The first kappa shape index (κ1) is 51.7. The Labute approximate surface area is 275 Å². The SMILES string of the molecule is CC(N)CCNCCCCNC(=O)C(=O)NCCCCCCCCN=C(N)N.O=C(O)C(F)(F)F.O=C(O)C(F)(F)F.O=C(O)C(F)(F)F. The van der Waals surface area contributed by atoms with E-state index in [1.54, 1.807) is 0 Å². The van der Waals surface area contributed by atoms with Crippen molar-refractivity contribution in [3.05, 3.63) is 0 Å². The minimum absolute atomic E-state index is 0.143. The lowest BCUT2D eigenvalue weighted by molar-refractivity contribution is -0.193. The van der Waals surface area contributed by atoms with Gasteiger partial charge in [-0.15, -0.1) is 0 Å². The number of nitrogens with two attached hydrogens (primary N) is 3. The summed E-state index contributed by atoms with van der Waals surface area (Å²) in [5.41, 5.74) is 16.2. The van der Waals surface area contributed by atoms with Gasteiger partial charge in [0, 0.05) is 25.7 Å². The van der Waals surface area contributed by atoms with Gasteiger partial charge in [0.25, 0.3) is 0 Å². The number of hydrogen-bond donors (Lipinski definition) is 9. The number of carboxylic acid groups (broad SMARTS) is 3. The van der Waals surface area contributed by atoms with Crippen molar-refractivity contribution in [1.29, 1.82) is 0 Å². The summed E-state index contributed by atoms with van der Waals surface area (Å²) in [6.07, 6.45) is -6.31. The van der Waals surface area contributed by atoms with E-state index in [1.165, 1.54) is 0 Å². The number of alkyl halides is 9. The number of nitrogens with one attached hydrogen (secondary N) is 3. The van der Waals surface area contributed by atoms with Gasteiger partial charge in [0.1, 0.15) is 0 Å². The Balaban J connectivity index is -0.000000386. The number of carbonyl (C=O) groups excluding carboxylic acids is 2. The maximum absolute atomic E-state index is 11.7. The Morgan fingerprint density at radius 2 is 0.898 bits per heavy atom. The molecule has 0 heterocycles. The molecule has 2 amide bonds. The number of guanidine groups is 1. The van der Waals surface area contributed by atoms with Crippen molar-refractivity contribution in [3.63, 3.8) is 0 Å². The normalized spacial score (nSPS) is 11.5. The van der Waals surface area contributed by atoms with Crippen LogP contribution in [0.3, 0.4) is 0 Å². The maximum Gasteiger partial charge on any atom is 0.490 e. The van der Waals surface area contributed by atoms with Crippen LogP contribution in [-0.4, -0.2) is 108 Å². The van der Waals surface area contributed by atoms with Gasteiger partial charge in [0.05, 0.1) is 0 Å². The highest BCUT2D eigenvalue weighted by atomic mass is 19.4. The molecular weight excluding hydrogens is 697 g/mol. The van der Waals surface area contributed by atoms with E-state index >= 15 is 0 Å². The highest BCUT2D eigenvalue weighted by Crippen LogP contribution is 2.14. The fraction of sp³-hybridized carbons (Fsp3) is 0.760. The zero-order chi connectivity index (χ0) is 39.3. The molecule has 0 aromatic rings. The lowest BCUT2D eigenvalue weighted by Crippen LogP contribution is -2.40. The van der Waals surface area contributed by atoms with E-state index in [4.69, 9.17) is 46.9 Å².